The summed E-state index contributed by atoms with van der Waals surface area (Å²) in [7, 11) is 3.06. The number of hydrogen-bond donors (Lipinski definition) is 2. The monoisotopic (exact) mass is 372 g/mol. The molecule has 142 valence electrons. The predicted molar refractivity (Wildman–Crippen MR) is 98.0 cm³/mol. The summed E-state index contributed by atoms with van der Waals surface area (Å²) in [4.78, 5) is 24.6. The fourth-order valence-electron chi connectivity index (χ4n) is 2.82. The molecule has 1 aliphatic rings. The van der Waals surface area contributed by atoms with Crippen LogP contribution in [0.4, 0.5) is 10.1 Å². The molecular formula is C20H21FN2O4. The Kier molecular flexibility index (Phi) is 5.59. The second kappa shape index (κ2) is 8.07. The molecular weight excluding hydrogens is 351 g/mol. The van der Waals surface area contributed by atoms with Gasteiger partial charge in [0.15, 0.2) is 0 Å². The highest BCUT2D eigenvalue weighted by Crippen LogP contribution is 2.40. The van der Waals surface area contributed by atoms with Crippen LogP contribution in [0.1, 0.15) is 12.0 Å². The first-order chi connectivity index (χ1) is 13.0. The van der Waals surface area contributed by atoms with Crippen molar-refractivity contribution in [3.05, 3.63) is 53.8 Å². The van der Waals surface area contributed by atoms with E-state index in [-0.39, 0.29) is 29.5 Å². The average molecular weight is 372 g/mol. The van der Waals surface area contributed by atoms with Gasteiger partial charge in [0.05, 0.1) is 31.7 Å². The van der Waals surface area contributed by atoms with Crippen molar-refractivity contribution in [1.82, 2.24) is 5.32 Å². The van der Waals surface area contributed by atoms with Gasteiger partial charge in [0.1, 0.15) is 17.3 Å². The predicted octanol–water partition coefficient (Wildman–Crippen LogP) is 2.73. The van der Waals surface area contributed by atoms with E-state index in [0.29, 0.717) is 30.2 Å². The van der Waals surface area contributed by atoms with Crippen molar-refractivity contribution in [1.29, 1.82) is 0 Å². The molecule has 1 aliphatic carbocycles. The Bertz CT molecular complexity index is 838. The Morgan fingerprint density at radius 2 is 1.74 bits per heavy atom. The number of ether oxygens (including phenoxy) is 2. The molecule has 2 amide bonds. The van der Waals surface area contributed by atoms with E-state index in [0.717, 1.165) is 5.56 Å². The molecule has 2 atom stereocenters. The number of anilines is 1. The lowest BCUT2D eigenvalue weighted by molar-refractivity contribution is -0.125. The molecule has 0 radical (unpaired) electrons. The van der Waals surface area contributed by atoms with Crippen LogP contribution >= 0.6 is 0 Å². The van der Waals surface area contributed by atoms with Crippen LogP contribution in [0.2, 0.25) is 0 Å². The van der Waals surface area contributed by atoms with Crippen LogP contribution in [0, 0.1) is 17.7 Å². The Morgan fingerprint density at radius 3 is 2.41 bits per heavy atom. The van der Waals surface area contributed by atoms with Gasteiger partial charge in [0.25, 0.3) is 0 Å². The molecule has 3 rings (SSSR count). The number of nitrogens with one attached hydrogen (secondary N) is 2. The van der Waals surface area contributed by atoms with Gasteiger partial charge >= 0.3 is 0 Å². The summed E-state index contributed by atoms with van der Waals surface area (Å²) in [5.74, 6) is -0.339. The fraction of sp³-hybridized carbons (Fsp3) is 0.300. The Labute approximate surface area is 156 Å². The minimum Gasteiger partial charge on any atom is -0.497 e. The molecule has 2 aromatic carbocycles. The van der Waals surface area contributed by atoms with Crippen LogP contribution in [0.3, 0.4) is 0 Å². The van der Waals surface area contributed by atoms with Crippen LogP contribution in [0.15, 0.2) is 42.5 Å². The van der Waals surface area contributed by atoms with Crippen molar-refractivity contribution in [3.8, 4) is 11.5 Å². The van der Waals surface area contributed by atoms with Gasteiger partial charge in [0.2, 0.25) is 11.8 Å². The van der Waals surface area contributed by atoms with Gasteiger partial charge < -0.3 is 20.1 Å². The van der Waals surface area contributed by atoms with Crippen LogP contribution in [-0.2, 0) is 16.1 Å². The number of hydrogen-bond acceptors (Lipinski definition) is 4. The normalized spacial score (nSPS) is 17.7. The van der Waals surface area contributed by atoms with E-state index in [1.807, 2.05) is 0 Å². The van der Waals surface area contributed by atoms with Gasteiger partial charge in [-0.15, -0.1) is 0 Å². The molecule has 6 nitrogen and oxygen atoms in total. The molecule has 2 aromatic rings. The van der Waals surface area contributed by atoms with Crippen molar-refractivity contribution < 1.29 is 23.5 Å². The standard InChI is InChI=1S/C20H21FN2O4/c1-26-14-7-8-17(18(9-14)27-2)23-20(25)16-10-15(16)19(24)22-11-12-3-5-13(21)6-4-12/h3-9,15-16H,10-11H2,1-2H3,(H,22,24)(H,23,25). The third-order valence-corrected chi connectivity index (χ3v) is 4.51. The minimum atomic E-state index is -0.370. The lowest BCUT2D eigenvalue weighted by Gasteiger charge is -2.11. The molecule has 27 heavy (non-hydrogen) atoms. The lowest BCUT2D eigenvalue weighted by Crippen LogP contribution is -2.27. The van der Waals surface area contributed by atoms with Crippen molar-refractivity contribution >= 4 is 17.5 Å². The van der Waals surface area contributed by atoms with E-state index in [4.69, 9.17) is 9.47 Å². The molecule has 1 saturated carbocycles. The molecule has 0 aromatic heterocycles. The molecule has 1 fully saturated rings. The first-order valence-corrected chi connectivity index (χ1v) is 8.57. The third-order valence-electron chi connectivity index (χ3n) is 4.51. The number of carbonyl (C=O) groups is 2. The number of amides is 2. The van der Waals surface area contributed by atoms with Crippen molar-refractivity contribution in [3.63, 3.8) is 0 Å². The maximum atomic E-state index is 12.9. The maximum absolute atomic E-state index is 12.9. The molecule has 2 N–H and O–H groups in total. The van der Waals surface area contributed by atoms with Gasteiger partial charge in [-0.05, 0) is 36.2 Å². The van der Waals surface area contributed by atoms with Crippen molar-refractivity contribution in [2.75, 3.05) is 19.5 Å². The molecule has 0 spiro atoms. The van der Waals surface area contributed by atoms with E-state index in [9.17, 15) is 14.0 Å². The summed E-state index contributed by atoms with van der Waals surface area (Å²) in [5, 5.41) is 5.58. The van der Waals surface area contributed by atoms with E-state index < -0.39 is 0 Å². The maximum Gasteiger partial charge on any atom is 0.228 e. The molecule has 0 heterocycles. The Morgan fingerprint density at radius 1 is 1.04 bits per heavy atom. The van der Waals surface area contributed by atoms with Crippen LogP contribution in [0.25, 0.3) is 0 Å². The van der Waals surface area contributed by atoms with E-state index in [2.05, 4.69) is 10.6 Å². The number of methoxy groups -OCH3 is 2. The topological polar surface area (TPSA) is 76.7 Å². The molecule has 2 unspecified atom stereocenters. The van der Waals surface area contributed by atoms with E-state index in [1.165, 1.54) is 19.2 Å². The lowest BCUT2D eigenvalue weighted by atomic mass is 10.2. The Balaban J connectivity index is 1.52. The number of benzene rings is 2. The van der Waals surface area contributed by atoms with Gasteiger partial charge in [0, 0.05) is 12.6 Å². The quantitative estimate of drug-likeness (QED) is 0.784. The first kappa shape index (κ1) is 18.7. The van der Waals surface area contributed by atoms with Crippen molar-refractivity contribution in [2.24, 2.45) is 11.8 Å². The van der Waals surface area contributed by atoms with E-state index >= 15 is 0 Å². The SMILES string of the molecule is COc1ccc(NC(=O)C2CC2C(=O)NCc2ccc(F)cc2)c(OC)c1. The molecule has 0 aliphatic heterocycles. The molecule has 0 bridgehead atoms. The van der Waals surface area contributed by atoms with E-state index in [1.54, 1.807) is 37.4 Å². The summed E-state index contributed by atoms with van der Waals surface area (Å²) in [6.07, 6.45) is 0.500. The summed E-state index contributed by atoms with van der Waals surface area (Å²) in [6, 6.07) is 11.0. The average Bonchev–Trinajstić information content (AvgIpc) is 3.48. The van der Waals surface area contributed by atoms with Gasteiger partial charge in [-0.1, -0.05) is 12.1 Å². The zero-order valence-corrected chi connectivity index (χ0v) is 15.1. The summed E-state index contributed by atoms with van der Waals surface area (Å²) >= 11 is 0. The first-order valence-electron chi connectivity index (χ1n) is 8.57. The van der Waals surface area contributed by atoms with Gasteiger partial charge in [-0.2, -0.15) is 0 Å². The second-order valence-electron chi connectivity index (χ2n) is 6.35. The summed E-state index contributed by atoms with van der Waals surface area (Å²) < 4.78 is 23.3. The molecule has 7 heteroatoms. The fourth-order valence-corrected chi connectivity index (χ4v) is 2.82. The Hall–Kier alpha value is -3.09. The van der Waals surface area contributed by atoms with Gasteiger partial charge in [-0.3, -0.25) is 9.59 Å². The summed E-state index contributed by atoms with van der Waals surface area (Å²) in [5.41, 5.74) is 1.33. The smallest absolute Gasteiger partial charge is 0.228 e. The highest BCUT2D eigenvalue weighted by atomic mass is 19.1. The largest absolute Gasteiger partial charge is 0.497 e. The van der Waals surface area contributed by atoms with Gasteiger partial charge in [-0.25, -0.2) is 4.39 Å². The van der Waals surface area contributed by atoms with Crippen LogP contribution < -0.4 is 20.1 Å². The number of rotatable bonds is 7. The zero-order valence-electron chi connectivity index (χ0n) is 15.1. The minimum absolute atomic E-state index is 0.179. The highest BCUT2D eigenvalue weighted by Gasteiger charge is 2.48. The number of carbonyl (C=O) groups excluding carboxylic acids is 2. The summed E-state index contributed by atoms with van der Waals surface area (Å²) in [6.45, 7) is 0.302. The van der Waals surface area contributed by atoms with Crippen LogP contribution in [-0.4, -0.2) is 26.0 Å². The van der Waals surface area contributed by atoms with Crippen molar-refractivity contribution in [2.45, 2.75) is 13.0 Å². The second-order valence-corrected chi connectivity index (χ2v) is 6.35. The zero-order chi connectivity index (χ0) is 19.4. The molecule has 0 saturated heterocycles. The third kappa shape index (κ3) is 4.55. The highest BCUT2D eigenvalue weighted by molar-refractivity contribution is 6.00. The number of halogens is 1. The van der Waals surface area contributed by atoms with Crippen LogP contribution in [0.5, 0.6) is 11.5 Å².